The molecule has 0 fully saturated rings. The van der Waals surface area contributed by atoms with E-state index < -0.39 is 0 Å². The second-order valence-corrected chi connectivity index (χ2v) is 2.05. The zero-order chi connectivity index (χ0) is 6.57. The van der Waals surface area contributed by atoms with E-state index in [-0.39, 0.29) is 6.04 Å². The highest BCUT2D eigenvalue weighted by molar-refractivity contribution is 5.81. The van der Waals surface area contributed by atoms with Crippen LogP contribution in [0, 0.1) is 0 Å². The minimum Gasteiger partial charge on any atom is -0.328 e. The van der Waals surface area contributed by atoms with Crippen LogP contribution in [0.15, 0.2) is 5.10 Å². The third kappa shape index (κ3) is 3.61. The van der Waals surface area contributed by atoms with Gasteiger partial charge in [0.15, 0.2) is 0 Å². The second kappa shape index (κ2) is 3.43. The van der Waals surface area contributed by atoms with E-state index in [1.165, 1.54) is 0 Å². The first kappa shape index (κ1) is 7.43. The van der Waals surface area contributed by atoms with Crippen LogP contribution < -0.4 is 11.6 Å². The van der Waals surface area contributed by atoms with Gasteiger partial charge in [-0.1, -0.05) is 0 Å². The minimum absolute atomic E-state index is 0.169. The van der Waals surface area contributed by atoms with Gasteiger partial charge in [-0.2, -0.15) is 5.10 Å². The SMILES string of the molecule is C/C(CC(C)N)=N/N. The van der Waals surface area contributed by atoms with Gasteiger partial charge in [0, 0.05) is 18.2 Å². The van der Waals surface area contributed by atoms with Gasteiger partial charge in [0.1, 0.15) is 0 Å². The van der Waals surface area contributed by atoms with Crippen molar-refractivity contribution in [2.75, 3.05) is 0 Å². The molecule has 1 atom stereocenters. The molecule has 0 radical (unpaired) electrons. The predicted molar refractivity (Wildman–Crippen MR) is 35.6 cm³/mol. The summed E-state index contributed by atoms with van der Waals surface area (Å²) in [5, 5.41) is 3.47. The standard InChI is InChI=1S/C5H13N3/c1-4(6)3-5(2)8-7/h4H,3,6-7H2,1-2H3/b8-5-. The van der Waals surface area contributed by atoms with Crippen LogP contribution in [0.3, 0.4) is 0 Å². The molecule has 0 saturated heterocycles. The Bertz CT molecular complexity index is 85.7. The number of rotatable bonds is 2. The molecule has 0 aromatic heterocycles. The van der Waals surface area contributed by atoms with E-state index >= 15 is 0 Å². The fraction of sp³-hybridized carbons (Fsp3) is 0.800. The van der Waals surface area contributed by atoms with Crippen LogP contribution in [0.4, 0.5) is 0 Å². The highest BCUT2D eigenvalue weighted by atomic mass is 15.1. The first-order chi connectivity index (χ1) is 3.66. The zero-order valence-corrected chi connectivity index (χ0v) is 5.39. The summed E-state index contributed by atoms with van der Waals surface area (Å²) in [6.07, 6.45) is 0.788. The van der Waals surface area contributed by atoms with E-state index in [9.17, 15) is 0 Å². The molecule has 3 nitrogen and oxygen atoms in total. The molecule has 0 aliphatic rings. The van der Waals surface area contributed by atoms with Crippen molar-refractivity contribution in [3.8, 4) is 0 Å². The lowest BCUT2D eigenvalue weighted by Gasteiger charge is -2.00. The minimum atomic E-state index is 0.169. The average molecular weight is 115 g/mol. The molecule has 1 unspecified atom stereocenters. The zero-order valence-electron chi connectivity index (χ0n) is 5.39. The van der Waals surface area contributed by atoms with E-state index in [1.807, 2.05) is 13.8 Å². The van der Waals surface area contributed by atoms with Gasteiger partial charge in [0.25, 0.3) is 0 Å². The number of hydrogen-bond acceptors (Lipinski definition) is 3. The van der Waals surface area contributed by atoms with Gasteiger partial charge in [-0.3, -0.25) is 0 Å². The van der Waals surface area contributed by atoms with Crippen LogP contribution >= 0.6 is 0 Å². The van der Waals surface area contributed by atoms with E-state index in [0.717, 1.165) is 12.1 Å². The van der Waals surface area contributed by atoms with E-state index in [2.05, 4.69) is 5.10 Å². The van der Waals surface area contributed by atoms with E-state index in [4.69, 9.17) is 11.6 Å². The summed E-state index contributed by atoms with van der Waals surface area (Å²) in [6, 6.07) is 0.169. The van der Waals surface area contributed by atoms with E-state index in [1.54, 1.807) is 0 Å². The average Bonchev–Trinajstić information content (AvgIpc) is 1.65. The highest BCUT2D eigenvalue weighted by Crippen LogP contribution is 1.87. The maximum Gasteiger partial charge on any atom is 0.0360 e. The molecule has 48 valence electrons. The summed E-state index contributed by atoms with van der Waals surface area (Å²) in [7, 11) is 0. The first-order valence-corrected chi connectivity index (χ1v) is 2.65. The maximum absolute atomic E-state index is 5.43. The Morgan fingerprint density at radius 3 is 2.38 bits per heavy atom. The number of nitrogens with two attached hydrogens (primary N) is 2. The van der Waals surface area contributed by atoms with Crippen LogP contribution in [-0.4, -0.2) is 11.8 Å². The molecule has 0 amide bonds. The molecule has 0 aliphatic carbocycles. The van der Waals surface area contributed by atoms with Crippen molar-refractivity contribution in [1.82, 2.24) is 0 Å². The quantitative estimate of drug-likeness (QED) is 0.303. The number of nitrogens with zero attached hydrogens (tertiary/aromatic N) is 1. The second-order valence-electron chi connectivity index (χ2n) is 2.05. The van der Waals surface area contributed by atoms with Crippen LogP contribution in [0.2, 0.25) is 0 Å². The third-order valence-corrected chi connectivity index (χ3v) is 0.838. The molecule has 0 saturated carbocycles. The smallest absolute Gasteiger partial charge is 0.0360 e. The summed E-state index contributed by atoms with van der Waals surface area (Å²) in [6.45, 7) is 3.79. The lowest BCUT2D eigenvalue weighted by molar-refractivity contribution is 0.774. The van der Waals surface area contributed by atoms with Crippen LogP contribution in [-0.2, 0) is 0 Å². The van der Waals surface area contributed by atoms with Gasteiger partial charge in [-0.15, -0.1) is 0 Å². The molecule has 0 heterocycles. The fourth-order valence-corrected chi connectivity index (χ4v) is 0.519. The number of hydrogen-bond donors (Lipinski definition) is 2. The van der Waals surface area contributed by atoms with Crippen molar-refractivity contribution in [3.05, 3.63) is 0 Å². The Labute approximate surface area is 49.7 Å². The Hall–Kier alpha value is -0.570. The summed E-state index contributed by atoms with van der Waals surface area (Å²) < 4.78 is 0. The molecule has 0 spiro atoms. The summed E-state index contributed by atoms with van der Waals surface area (Å²) >= 11 is 0. The van der Waals surface area contributed by atoms with Crippen molar-refractivity contribution in [2.24, 2.45) is 16.7 Å². The van der Waals surface area contributed by atoms with Crippen molar-refractivity contribution < 1.29 is 0 Å². The largest absolute Gasteiger partial charge is 0.328 e. The van der Waals surface area contributed by atoms with Gasteiger partial charge in [0.05, 0.1) is 0 Å². The van der Waals surface area contributed by atoms with Crippen LogP contribution in [0.1, 0.15) is 20.3 Å². The first-order valence-electron chi connectivity index (χ1n) is 2.65. The molecule has 0 aromatic rings. The van der Waals surface area contributed by atoms with Crippen molar-refractivity contribution >= 4 is 5.71 Å². The predicted octanol–water partition coefficient (Wildman–Crippen LogP) is 0.0583. The van der Waals surface area contributed by atoms with Crippen LogP contribution in [0.5, 0.6) is 0 Å². The number of hydrazone groups is 1. The van der Waals surface area contributed by atoms with Gasteiger partial charge in [-0.25, -0.2) is 0 Å². The fourth-order valence-electron chi connectivity index (χ4n) is 0.519. The maximum atomic E-state index is 5.43. The van der Waals surface area contributed by atoms with Crippen molar-refractivity contribution in [1.29, 1.82) is 0 Å². The lowest BCUT2D eigenvalue weighted by Crippen LogP contribution is -2.18. The van der Waals surface area contributed by atoms with Gasteiger partial charge < -0.3 is 11.6 Å². The van der Waals surface area contributed by atoms with Crippen molar-refractivity contribution in [2.45, 2.75) is 26.3 Å². The normalized spacial score (nSPS) is 16.1. The molecule has 0 rings (SSSR count). The molecule has 0 bridgehead atoms. The van der Waals surface area contributed by atoms with Gasteiger partial charge in [-0.05, 0) is 13.8 Å². The van der Waals surface area contributed by atoms with Crippen LogP contribution in [0.25, 0.3) is 0 Å². The summed E-state index contributed by atoms with van der Waals surface area (Å²) in [4.78, 5) is 0. The molecule has 0 aromatic carbocycles. The highest BCUT2D eigenvalue weighted by Gasteiger charge is 1.94. The Balaban J connectivity index is 3.39. The molecular formula is C5H13N3. The molecule has 8 heavy (non-hydrogen) atoms. The summed E-state index contributed by atoms with van der Waals surface area (Å²) in [5.74, 6) is 4.95. The third-order valence-electron chi connectivity index (χ3n) is 0.838. The molecule has 4 N–H and O–H groups in total. The van der Waals surface area contributed by atoms with Crippen molar-refractivity contribution in [3.63, 3.8) is 0 Å². The monoisotopic (exact) mass is 115 g/mol. The van der Waals surface area contributed by atoms with E-state index in [0.29, 0.717) is 0 Å². The Kier molecular flexibility index (Phi) is 3.19. The molecular weight excluding hydrogens is 102 g/mol. The Morgan fingerprint density at radius 2 is 2.25 bits per heavy atom. The lowest BCUT2D eigenvalue weighted by atomic mass is 10.2. The molecule has 0 aliphatic heterocycles. The van der Waals surface area contributed by atoms with Gasteiger partial charge in [0.2, 0.25) is 0 Å². The Morgan fingerprint density at radius 1 is 1.75 bits per heavy atom. The summed E-state index contributed by atoms with van der Waals surface area (Å²) in [5.41, 5.74) is 6.34. The van der Waals surface area contributed by atoms with Gasteiger partial charge >= 0.3 is 0 Å². The topological polar surface area (TPSA) is 64.4 Å². The molecule has 3 heteroatoms.